The third-order valence-corrected chi connectivity index (χ3v) is 8.07. The Labute approximate surface area is 181 Å². The summed E-state index contributed by atoms with van der Waals surface area (Å²) in [6.07, 6.45) is 6.28. The van der Waals surface area contributed by atoms with Gasteiger partial charge in [-0.05, 0) is 82.7 Å². The fraction of sp³-hybridized carbons (Fsp3) is 0.556. The lowest BCUT2D eigenvalue weighted by atomic mass is 9.49. The number of aryl methyl sites for hydroxylation is 1. The summed E-state index contributed by atoms with van der Waals surface area (Å²) in [5.74, 6) is 1.16. The fourth-order valence-corrected chi connectivity index (χ4v) is 6.39. The molecule has 3 atom stereocenters. The molecule has 0 radical (unpaired) electrons. The summed E-state index contributed by atoms with van der Waals surface area (Å²) in [5.41, 5.74) is 6.17. The van der Waals surface area contributed by atoms with Crippen molar-refractivity contribution in [2.75, 3.05) is 6.54 Å². The second-order valence-corrected chi connectivity index (χ2v) is 10.5. The van der Waals surface area contributed by atoms with Gasteiger partial charge in [-0.3, -0.25) is 0 Å². The van der Waals surface area contributed by atoms with Crippen molar-refractivity contribution >= 4 is 0 Å². The molecule has 2 aromatic carbocycles. The van der Waals surface area contributed by atoms with Gasteiger partial charge in [-0.15, -0.1) is 0 Å². The van der Waals surface area contributed by atoms with Crippen LogP contribution in [0.4, 0.5) is 0 Å². The molecule has 0 bridgehead atoms. The molecule has 0 aliphatic heterocycles. The first-order valence-corrected chi connectivity index (χ1v) is 11.6. The predicted octanol–water partition coefficient (Wildman–Crippen LogP) is 6.02. The highest BCUT2D eigenvalue weighted by atomic mass is 16.3. The zero-order chi connectivity index (χ0) is 21.5. The highest BCUT2D eigenvalue weighted by molar-refractivity contribution is 5.42. The van der Waals surface area contributed by atoms with Gasteiger partial charge in [-0.25, -0.2) is 0 Å². The van der Waals surface area contributed by atoms with Crippen molar-refractivity contribution in [3.05, 3.63) is 58.7 Å². The van der Waals surface area contributed by atoms with Gasteiger partial charge in [0.1, 0.15) is 0 Å². The summed E-state index contributed by atoms with van der Waals surface area (Å²) in [4.78, 5) is 0. The molecule has 2 aliphatic rings. The summed E-state index contributed by atoms with van der Waals surface area (Å²) in [5, 5.41) is 22.9. The normalized spacial score (nSPS) is 28.2. The van der Waals surface area contributed by atoms with E-state index in [2.05, 4.69) is 51.2 Å². The van der Waals surface area contributed by atoms with Crippen molar-refractivity contribution in [3.8, 4) is 11.5 Å². The first-order chi connectivity index (χ1) is 14.2. The van der Waals surface area contributed by atoms with Gasteiger partial charge in [0.2, 0.25) is 0 Å². The van der Waals surface area contributed by atoms with Crippen molar-refractivity contribution in [2.45, 2.75) is 77.7 Å². The van der Waals surface area contributed by atoms with Crippen LogP contribution in [0.1, 0.15) is 81.5 Å². The van der Waals surface area contributed by atoms with E-state index in [9.17, 15) is 10.2 Å². The van der Waals surface area contributed by atoms with Crippen molar-refractivity contribution in [2.24, 2.45) is 11.3 Å². The minimum Gasteiger partial charge on any atom is -0.504 e. The van der Waals surface area contributed by atoms with E-state index in [0.29, 0.717) is 18.4 Å². The van der Waals surface area contributed by atoms with Gasteiger partial charge in [-0.1, -0.05) is 58.4 Å². The van der Waals surface area contributed by atoms with E-state index in [1.807, 2.05) is 6.07 Å². The van der Waals surface area contributed by atoms with Crippen LogP contribution in [0.25, 0.3) is 0 Å². The lowest BCUT2D eigenvalue weighted by molar-refractivity contribution is 0.0257. The second-order valence-electron chi connectivity index (χ2n) is 10.5. The molecule has 2 aliphatic carbocycles. The Kier molecular flexibility index (Phi) is 5.61. The van der Waals surface area contributed by atoms with Crippen LogP contribution in [0.2, 0.25) is 0 Å². The van der Waals surface area contributed by atoms with E-state index in [4.69, 9.17) is 0 Å². The zero-order valence-corrected chi connectivity index (χ0v) is 19.0. The molecular weight excluding hydrogens is 370 g/mol. The van der Waals surface area contributed by atoms with Crippen LogP contribution in [-0.4, -0.2) is 16.8 Å². The highest BCUT2D eigenvalue weighted by Gasteiger charge is 2.51. The maximum atomic E-state index is 9.76. The zero-order valence-electron chi connectivity index (χ0n) is 19.0. The summed E-state index contributed by atoms with van der Waals surface area (Å²) < 4.78 is 0. The van der Waals surface area contributed by atoms with E-state index in [-0.39, 0.29) is 22.3 Å². The van der Waals surface area contributed by atoms with Gasteiger partial charge >= 0.3 is 0 Å². The molecular formula is C27H37NO2. The van der Waals surface area contributed by atoms with Crippen LogP contribution in [0.5, 0.6) is 11.5 Å². The Balaban J connectivity index is 1.52. The topological polar surface area (TPSA) is 52.5 Å². The third-order valence-electron chi connectivity index (χ3n) is 8.07. The third kappa shape index (κ3) is 3.73. The van der Waals surface area contributed by atoms with Crippen molar-refractivity contribution in [3.63, 3.8) is 0 Å². The average Bonchev–Trinajstić information content (AvgIpc) is 2.70. The molecule has 162 valence electrons. The van der Waals surface area contributed by atoms with E-state index in [1.165, 1.54) is 37.7 Å². The first kappa shape index (κ1) is 21.2. The van der Waals surface area contributed by atoms with Gasteiger partial charge in [-0.2, -0.15) is 0 Å². The van der Waals surface area contributed by atoms with Gasteiger partial charge < -0.3 is 15.5 Å². The molecule has 0 amide bonds. The Bertz CT molecular complexity index is 921. The van der Waals surface area contributed by atoms with Gasteiger partial charge in [0.25, 0.3) is 0 Å². The minimum absolute atomic E-state index is 0.0459. The smallest absolute Gasteiger partial charge is 0.157 e. The molecule has 0 spiro atoms. The Morgan fingerprint density at radius 2 is 1.83 bits per heavy atom. The summed E-state index contributed by atoms with van der Waals surface area (Å²) in [6, 6.07) is 12.4. The molecule has 0 unspecified atom stereocenters. The quantitative estimate of drug-likeness (QED) is 0.531. The van der Waals surface area contributed by atoms with Crippen molar-refractivity contribution < 1.29 is 10.2 Å². The lowest BCUT2D eigenvalue weighted by Crippen LogP contribution is -2.52. The van der Waals surface area contributed by atoms with Crippen LogP contribution >= 0.6 is 0 Å². The first-order valence-electron chi connectivity index (χ1n) is 11.6. The maximum Gasteiger partial charge on any atom is 0.157 e. The SMILES string of the molecule is CC(C)c1ccc2c(c1)CC[C@@H]1[C@](C)(CNCc3ccc(O)c(O)c3)CCC[C@@]21C. The predicted molar refractivity (Wildman–Crippen MR) is 123 cm³/mol. The van der Waals surface area contributed by atoms with E-state index >= 15 is 0 Å². The standard InChI is InChI=1S/C27H37NO2/c1-18(2)20-7-9-22-21(15-20)8-11-25-26(3,12-5-13-27(22,25)4)17-28-16-19-6-10-23(29)24(30)14-19/h6-7,9-10,14-15,18,25,28-30H,5,8,11-13,16-17H2,1-4H3/t25-,26+,27+/m1/s1. The van der Waals surface area contributed by atoms with Gasteiger partial charge in [0, 0.05) is 13.1 Å². The number of nitrogens with one attached hydrogen (secondary N) is 1. The molecule has 4 rings (SSSR count). The fourth-order valence-electron chi connectivity index (χ4n) is 6.39. The Hall–Kier alpha value is -2.00. The molecule has 0 heterocycles. The molecule has 3 heteroatoms. The van der Waals surface area contributed by atoms with Crippen LogP contribution in [0.15, 0.2) is 36.4 Å². The number of phenolic OH excluding ortho intramolecular Hbond substituents is 2. The number of hydrogen-bond acceptors (Lipinski definition) is 3. The monoisotopic (exact) mass is 407 g/mol. The van der Waals surface area contributed by atoms with Crippen LogP contribution in [0, 0.1) is 11.3 Å². The number of benzene rings is 2. The van der Waals surface area contributed by atoms with Crippen molar-refractivity contribution in [1.29, 1.82) is 0 Å². The maximum absolute atomic E-state index is 9.76. The lowest BCUT2D eigenvalue weighted by Gasteiger charge is -2.55. The molecule has 2 aromatic rings. The van der Waals surface area contributed by atoms with Crippen LogP contribution in [0.3, 0.4) is 0 Å². The van der Waals surface area contributed by atoms with Crippen LogP contribution < -0.4 is 5.32 Å². The van der Waals surface area contributed by atoms with E-state index in [0.717, 1.165) is 12.1 Å². The number of fused-ring (bicyclic) bond motifs is 3. The Morgan fingerprint density at radius 1 is 1.03 bits per heavy atom. The Morgan fingerprint density at radius 3 is 2.57 bits per heavy atom. The average molecular weight is 408 g/mol. The molecule has 3 N–H and O–H groups in total. The molecule has 0 aromatic heterocycles. The molecule has 1 saturated carbocycles. The van der Waals surface area contributed by atoms with E-state index in [1.54, 1.807) is 23.3 Å². The molecule has 1 fully saturated rings. The minimum atomic E-state index is -0.0599. The van der Waals surface area contributed by atoms with Gasteiger partial charge in [0.05, 0.1) is 0 Å². The number of rotatable bonds is 5. The van der Waals surface area contributed by atoms with Gasteiger partial charge in [0.15, 0.2) is 11.5 Å². The number of aromatic hydroxyl groups is 2. The summed E-state index contributed by atoms with van der Waals surface area (Å²) in [7, 11) is 0. The van der Waals surface area contributed by atoms with Crippen molar-refractivity contribution in [1.82, 2.24) is 5.32 Å². The summed E-state index contributed by atoms with van der Waals surface area (Å²) in [6.45, 7) is 11.2. The van der Waals surface area contributed by atoms with E-state index < -0.39 is 0 Å². The molecule has 3 nitrogen and oxygen atoms in total. The molecule has 30 heavy (non-hydrogen) atoms. The number of phenols is 2. The largest absolute Gasteiger partial charge is 0.504 e. The second kappa shape index (κ2) is 7.92. The summed E-state index contributed by atoms with van der Waals surface area (Å²) >= 11 is 0. The van der Waals surface area contributed by atoms with Crippen LogP contribution in [-0.2, 0) is 18.4 Å². The molecule has 0 saturated heterocycles. The number of hydrogen-bond donors (Lipinski definition) is 3. The highest BCUT2D eigenvalue weighted by Crippen LogP contribution is 2.57.